The van der Waals surface area contributed by atoms with Crippen molar-refractivity contribution in [1.82, 2.24) is 15.4 Å². The first kappa shape index (κ1) is 15.5. The number of benzene rings is 1. The number of hydrogen-bond donors (Lipinski definition) is 3. The Balaban J connectivity index is 1.71. The van der Waals surface area contributed by atoms with Crippen molar-refractivity contribution in [1.29, 1.82) is 0 Å². The lowest BCUT2D eigenvalue weighted by molar-refractivity contribution is 0.0963. The van der Waals surface area contributed by atoms with Gasteiger partial charge in [-0.25, -0.2) is 13.1 Å². The third-order valence-electron chi connectivity index (χ3n) is 4.45. The van der Waals surface area contributed by atoms with Crippen LogP contribution in [0.15, 0.2) is 29.2 Å². The predicted molar refractivity (Wildman–Crippen MR) is 83.1 cm³/mol. The van der Waals surface area contributed by atoms with E-state index in [0.717, 1.165) is 25.7 Å². The Kier molecular flexibility index (Phi) is 4.20. The Bertz CT molecular complexity index is 645. The van der Waals surface area contributed by atoms with Gasteiger partial charge in [0, 0.05) is 30.7 Å². The highest BCUT2D eigenvalue weighted by atomic mass is 32.2. The number of nitrogens with one attached hydrogen (secondary N) is 3. The molecule has 22 heavy (non-hydrogen) atoms. The average Bonchev–Trinajstić information content (AvgIpc) is 2.85. The molecular weight excluding hydrogens is 302 g/mol. The minimum absolute atomic E-state index is 0.0117. The van der Waals surface area contributed by atoms with E-state index >= 15 is 0 Å². The normalized spacial score (nSPS) is 27.6. The summed E-state index contributed by atoms with van der Waals surface area (Å²) in [6.45, 7) is 0. The molecule has 0 spiro atoms. The monoisotopic (exact) mass is 323 g/mol. The van der Waals surface area contributed by atoms with E-state index in [0.29, 0.717) is 17.6 Å². The summed E-state index contributed by atoms with van der Waals surface area (Å²) in [5.41, 5.74) is 0.446. The van der Waals surface area contributed by atoms with Gasteiger partial charge in [0.25, 0.3) is 5.91 Å². The van der Waals surface area contributed by atoms with Crippen molar-refractivity contribution in [2.24, 2.45) is 0 Å². The molecule has 0 aromatic heterocycles. The largest absolute Gasteiger partial charge is 0.355 e. The highest BCUT2D eigenvalue weighted by Crippen LogP contribution is 2.27. The molecule has 7 heteroatoms. The van der Waals surface area contributed by atoms with E-state index in [1.165, 1.54) is 24.3 Å². The molecule has 1 amide bonds. The number of carbonyl (C=O) groups is 1. The third-order valence-corrected chi connectivity index (χ3v) is 5.99. The first-order chi connectivity index (χ1) is 10.5. The van der Waals surface area contributed by atoms with Crippen molar-refractivity contribution in [2.45, 2.75) is 48.7 Å². The molecule has 6 nitrogen and oxygen atoms in total. The summed E-state index contributed by atoms with van der Waals surface area (Å²) < 4.78 is 27.7. The molecule has 1 aromatic rings. The molecular formula is C15H21N3O3S. The van der Waals surface area contributed by atoms with Crippen molar-refractivity contribution in [3.05, 3.63) is 29.8 Å². The van der Waals surface area contributed by atoms with Crippen molar-refractivity contribution in [3.8, 4) is 0 Å². The van der Waals surface area contributed by atoms with E-state index in [9.17, 15) is 13.2 Å². The molecule has 0 radical (unpaired) electrons. The Morgan fingerprint density at radius 2 is 1.73 bits per heavy atom. The van der Waals surface area contributed by atoms with Crippen LogP contribution in [-0.4, -0.2) is 39.5 Å². The number of amides is 1. The lowest BCUT2D eigenvalue weighted by atomic mass is 10.0. The Morgan fingerprint density at radius 1 is 1.14 bits per heavy atom. The fraction of sp³-hybridized carbons (Fsp3) is 0.533. The first-order valence-electron chi connectivity index (χ1n) is 7.58. The van der Waals surface area contributed by atoms with Gasteiger partial charge >= 0.3 is 0 Å². The minimum Gasteiger partial charge on any atom is -0.355 e. The topological polar surface area (TPSA) is 87.3 Å². The van der Waals surface area contributed by atoms with Gasteiger partial charge in [0.1, 0.15) is 0 Å². The molecule has 0 aliphatic carbocycles. The minimum atomic E-state index is -3.54. The van der Waals surface area contributed by atoms with Crippen LogP contribution >= 0.6 is 0 Å². The zero-order valence-electron chi connectivity index (χ0n) is 12.5. The van der Waals surface area contributed by atoms with Crippen molar-refractivity contribution >= 4 is 15.9 Å². The predicted octanol–water partition coefficient (Wildman–Crippen LogP) is 0.608. The zero-order chi connectivity index (χ0) is 15.7. The SMILES string of the molecule is CNC(=O)c1ccc(S(=O)(=O)NC2CC3CCC(C2)N3)cc1. The maximum atomic E-state index is 12.5. The Morgan fingerprint density at radius 3 is 2.27 bits per heavy atom. The molecule has 2 saturated heterocycles. The highest BCUT2D eigenvalue weighted by molar-refractivity contribution is 7.89. The molecule has 3 N–H and O–H groups in total. The number of rotatable bonds is 4. The molecule has 2 fully saturated rings. The van der Waals surface area contributed by atoms with Gasteiger partial charge in [-0.3, -0.25) is 4.79 Å². The van der Waals surface area contributed by atoms with Crippen LogP contribution in [0.25, 0.3) is 0 Å². The van der Waals surface area contributed by atoms with E-state index < -0.39 is 10.0 Å². The second-order valence-electron chi connectivity index (χ2n) is 6.03. The number of hydrogen-bond acceptors (Lipinski definition) is 4. The van der Waals surface area contributed by atoms with Gasteiger partial charge in [0.2, 0.25) is 10.0 Å². The molecule has 2 aliphatic heterocycles. The second kappa shape index (κ2) is 5.98. The van der Waals surface area contributed by atoms with Crippen LogP contribution in [0, 0.1) is 0 Å². The van der Waals surface area contributed by atoms with Gasteiger partial charge < -0.3 is 10.6 Å². The molecule has 1 aromatic carbocycles. The van der Waals surface area contributed by atoms with Crippen LogP contribution in [0.3, 0.4) is 0 Å². The maximum absolute atomic E-state index is 12.5. The van der Waals surface area contributed by atoms with Gasteiger partial charge in [0.15, 0.2) is 0 Å². The lowest BCUT2D eigenvalue weighted by Crippen LogP contribution is -2.47. The fourth-order valence-corrected chi connectivity index (χ4v) is 4.63. The number of fused-ring (bicyclic) bond motifs is 2. The van der Waals surface area contributed by atoms with Gasteiger partial charge in [-0.05, 0) is 49.9 Å². The van der Waals surface area contributed by atoms with E-state index in [1.807, 2.05) is 0 Å². The smallest absolute Gasteiger partial charge is 0.251 e. The van der Waals surface area contributed by atoms with Gasteiger partial charge in [-0.15, -0.1) is 0 Å². The number of sulfonamides is 1. The Labute approximate surface area is 130 Å². The third kappa shape index (κ3) is 3.16. The second-order valence-corrected chi connectivity index (χ2v) is 7.74. The van der Waals surface area contributed by atoms with Gasteiger partial charge in [-0.2, -0.15) is 0 Å². The maximum Gasteiger partial charge on any atom is 0.251 e. The molecule has 2 atom stereocenters. The van der Waals surface area contributed by atoms with Crippen LogP contribution in [-0.2, 0) is 10.0 Å². The van der Waals surface area contributed by atoms with Crippen LogP contribution in [0.1, 0.15) is 36.0 Å². The quantitative estimate of drug-likeness (QED) is 0.757. The zero-order valence-corrected chi connectivity index (χ0v) is 13.3. The van der Waals surface area contributed by atoms with E-state index in [4.69, 9.17) is 0 Å². The van der Waals surface area contributed by atoms with Crippen LogP contribution in [0.2, 0.25) is 0 Å². The van der Waals surface area contributed by atoms with Crippen LogP contribution in [0.5, 0.6) is 0 Å². The molecule has 0 saturated carbocycles. The standard InChI is InChI=1S/C15H21N3O3S/c1-16-15(19)10-2-6-14(7-3-10)22(20,21)18-13-8-11-4-5-12(9-13)17-11/h2-3,6-7,11-13,17-18H,4-5,8-9H2,1H3,(H,16,19). The Hall–Kier alpha value is -1.44. The van der Waals surface area contributed by atoms with Gasteiger partial charge in [0.05, 0.1) is 4.90 Å². The first-order valence-corrected chi connectivity index (χ1v) is 9.07. The molecule has 2 aliphatic rings. The van der Waals surface area contributed by atoms with Crippen molar-refractivity contribution < 1.29 is 13.2 Å². The number of piperidine rings is 1. The summed E-state index contributed by atoms with van der Waals surface area (Å²) in [4.78, 5) is 11.7. The fourth-order valence-electron chi connectivity index (χ4n) is 3.37. The molecule has 2 heterocycles. The number of carbonyl (C=O) groups excluding carboxylic acids is 1. The summed E-state index contributed by atoms with van der Waals surface area (Å²) in [6.07, 6.45) is 3.94. The van der Waals surface area contributed by atoms with Crippen LogP contribution < -0.4 is 15.4 Å². The summed E-state index contributed by atoms with van der Waals surface area (Å²) in [5, 5.41) is 6.00. The summed E-state index contributed by atoms with van der Waals surface area (Å²) in [7, 11) is -2.00. The highest BCUT2D eigenvalue weighted by Gasteiger charge is 2.35. The lowest BCUT2D eigenvalue weighted by Gasteiger charge is -2.29. The molecule has 3 rings (SSSR count). The average molecular weight is 323 g/mol. The van der Waals surface area contributed by atoms with Crippen molar-refractivity contribution in [2.75, 3.05) is 7.05 Å². The molecule has 2 unspecified atom stereocenters. The van der Waals surface area contributed by atoms with Gasteiger partial charge in [-0.1, -0.05) is 0 Å². The summed E-state index contributed by atoms with van der Waals surface area (Å²) in [5.74, 6) is -0.230. The van der Waals surface area contributed by atoms with Crippen LogP contribution in [0.4, 0.5) is 0 Å². The van der Waals surface area contributed by atoms with E-state index in [-0.39, 0.29) is 16.8 Å². The molecule has 2 bridgehead atoms. The van der Waals surface area contributed by atoms with E-state index in [2.05, 4.69) is 15.4 Å². The van der Waals surface area contributed by atoms with Crippen molar-refractivity contribution in [3.63, 3.8) is 0 Å². The summed E-state index contributed by atoms with van der Waals surface area (Å²) >= 11 is 0. The molecule has 120 valence electrons. The van der Waals surface area contributed by atoms with E-state index in [1.54, 1.807) is 7.05 Å². The summed E-state index contributed by atoms with van der Waals surface area (Å²) in [6, 6.07) is 6.86.